The number of hydrogen-bond donors (Lipinski definition) is 1. The molecule has 5 rings (SSSR count). The molecule has 224 valence electrons. The topological polar surface area (TPSA) is 124 Å². The Labute approximate surface area is 250 Å². The summed E-state index contributed by atoms with van der Waals surface area (Å²) in [5.74, 6) is -0.433. The number of nitrogens with zero attached hydrogens (tertiary/aromatic N) is 2. The fourth-order valence-electron chi connectivity index (χ4n) is 5.42. The summed E-state index contributed by atoms with van der Waals surface area (Å²) in [6.07, 6.45) is 0.607. The highest BCUT2D eigenvalue weighted by atomic mass is 32.2. The standard InChI is InChI=1S/C32H33N3O7S/c1-5-41-29-23-13-10-16-33-27(23)30(42-6-2)24-18-35(32(37)26(24)29)25-15-14-21(17-20(25)3)19-43(38,39)34-31(36)28(40-4)22-11-8-7-9-12-22/h7-17,28H,5-6,18-19H2,1-4H3,(H,34,36)/t28-/m1/s1. The normalized spacial score (nSPS) is 13.6. The molecule has 4 aromatic rings. The highest BCUT2D eigenvalue weighted by molar-refractivity contribution is 7.89. The summed E-state index contributed by atoms with van der Waals surface area (Å²) in [5.41, 5.74) is 4.07. The number of carbonyl (C=O) groups is 2. The van der Waals surface area contributed by atoms with Crippen LogP contribution in [-0.2, 0) is 31.9 Å². The predicted molar refractivity (Wildman–Crippen MR) is 163 cm³/mol. The Hall–Kier alpha value is -4.48. The molecular formula is C32H33N3O7S. The second-order valence-corrected chi connectivity index (χ2v) is 11.8. The van der Waals surface area contributed by atoms with Crippen LogP contribution in [0.2, 0.25) is 0 Å². The second-order valence-electron chi connectivity index (χ2n) is 10.0. The van der Waals surface area contributed by atoms with Gasteiger partial charge in [0.2, 0.25) is 10.0 Å². The molecule has 1 atom stereocenters. The van der Waals surface area contributed by atoms with Crippen LogP contribution in [0.15, 0.2) is 66.9 Å². The summed E-state index contributed by atoms with van der Waals surface area (Å²) in [6, 6.07) is 17.4. The van der Waals surface area contributed by atoms with Crippen LogP contribution in [0.1, 0.15) is 52.6 Å². The van der Waals surface area contributed by atoms with Gasteiger partial charge in [-0.15, -0.1) is 0 Å². The van der Waals surface area contributed by atoms with Gasteiger partial charge in [0.25, 0.3) is 11.8 Å². The van der Waals surface area contributed by atoms with Crippen molar-refractivity contribution in [1.82, 2.24) is 9.71 Å². The molecule has 43 heavy (non-hydrogen) atoms. The number of pyridine rings is 1. The fourth-order valence-corrected chi connectivity index (χ4v) is 6.53. The number of methoxy groups -OCH3 is 1. The number of benzene rings is 3. The summed E-state index contributed by atoms with van der Waals surface area (Å²) in [4.78, 5) is 32.8. The molecule has 0 saturated heterocycles. The van der Waals surface area contributed by atoms with Crippen LogP contribution in [0.5, 0.6) is 11.5 Å². The van der Waals surface area contributed by atoms with E-state index in [0.29, 0.717) is 69.1 Å². The minimum Gasteiger partial charge on any atom is -0.492 e. The number of ether oxygens (including phenoxy) is 3. The Balaban J connectivity index is 1.41. The number of aromatic nitrogens is 1. The van der Waals surface area contributed by atoms with E-state index in [0.717, 1.165) is 0 Å². The first-order valence-electron chi connectivity index (χ1n) is 13.9. The van der Waals surface area contributed by atoms with E-state index in [2.05, 4.69) is 9.71 Å². The number of sulfonamides is 1. The number of rotatable bonds is 11. The molecule has 11 heteroatoms. The van der Waals surface area contributed by atoms with Crippen LogP contribution in [-0.4, -0.2) is 45.5 Å². The van der Waals surface area contributed by atoms with Gasteiger partial charge in [0.1, 0.15) is 11.3 Å². The van der Waals surface area contributed by atoms with Gasteiger partial charge in [-0.3, -0.25) is 19.3 Å². The van der Waals surface area contributed by atoms with Gasteiger partial charge in [0.05, 0.1) is 31.1 Å². The van der Waals surface area contributed by atoms with Crippen LogP contribution >= 0.6 is 0 Å². The zero-order valence-corrected chi connectivity index (χ0v) is 25.2. The van der Waals surface area contributed by atoms with E-state index in [9.17, 15) is 18.0 Å². The number of nitrogens with one attached hydrogen (secondary N) is 1. The van der Waals surface area contributed by atoms with E-state index >= 15 is 0 Å². The third-order valence-electron chi connectivity index (χ3n) is 7.16. The van der Waals surface area contributed by atoms with Crippen LogP contribution < -0.4 is 19.1 Å². The number of anilines is 1. The lowest BCUT2D eigenvalue weighted by Gasteiger charge is -2.20. The van der Waals surface area contributed by atoms with Gasteiger partial charge in [-0.05, 0) is 55.7 Å². The lowest BCUT2D eigenvalue weighted by molar-refractivity contribution is -0.129. The summed E-state index contributed by atoms with van der Waals surface area (Å²) < 4.78 is 45.3. The van der Waals surface area contributed by atoms with Gasteiger partial charge in [0.15, 0.2) is 11.9 Å². The molecule has 0 spiro atoms. The predicted octanol–water partition coefficient (Wildman–Crippen LogP) is 4.83. The minimum absolute atomic E-state index is 0.239. The van der Waals surface area contributed by atoms with Crippen molar-refractivity contribution in [3.8, 4) is 11.5 Å². The lowest BCUT2D eigenvalue weighted by atomic mass is 10.0. The van der Waals surface area contributed by atoms with E-state index in [1.807, 2.05) is 26.8 Å². The van der Waals surface area contributed by atoms with Crippen LogP contribution in [0, 0.1) is 6.92 Å². The molecule has 0 fully saturated rings. The Morgan fingerprint density at radius 2 is 1.74 bits per heavy atom. The SMILES string of the molecule is CCOc1c2c(c(OCC)c3ncccc13)CN(c1ccc(CS(=O)(=O)NC(=O)[C@H](OC)c3ccccc3)cc1C)C2=O. The van der Waals surface area contributed by atoms with Crippen molar-refractivity contribution in [1.29, 1.82) is 0 Å². The quantitative estimate of drug-likeness (QED) is 0.259. The van der Waals surface area contributed by atoms with E-state index < -0.39 is 27.8 Å². The first-order chi connectivity index (χ1) is 20.7. The van der Waals surface area contributed by atoms with Crippen LogP contribution in [0.3, 0.4) is 0 Å². The molecule has 2 heterocycles. The van der Waals surface area contributed by atoms with Crippen molar-refractivity contribution < 1.29 is 32.2 Å². The first-order valence-corrected chi connectivity index (χ1v) is 15.6. The fraction of sp³-hybridized carbons (Fsp3) is 0.281. The van der Waals surface area contributed by atoms with Crippen molar-refractivity contribution in [2.45, 2.75) is 39.2 Å². The number of amides is 2. The molecule has 0 radical (unpaired) electrons. The van der Waals surface area contributed by atoms with Gasteiger partial charge >= 0.3 is 0 Å². The Kier molecular flexibility index (Phi) is 8.65. The number of aryl methyl sites for hydroxylation is 1. The van der Waals surface area contributed by atoms with E-state index in [1.54, 1.807) is 65.7 Å². The highest BCUT2D eigenvalue weighted by Gasteiger charge is 2.37. The van der Waals surface area contributed by atoms with Crippen LogP contribution in [0.25, 0.3) is 10.9 Å². The maximum atomic E-state index is 13.9. The monoisotopic (exact) mass is 603 g/mol. The average molecular weight is 604 g/mol. The molecule has 1 N–H and O–H groups in total. The molecule has 1 aliphatic rings. The van der Waals surface area contributed by atoms with Gasteiger partial charge < -0.3 is 19.1 Å². The van der Waals surface area contributed by atoms with Crippen molar-refractivity contribution in [2.75, 3.05) is 25.2 Å². The first kappa shape index (κ1) is 30.0. The third kappa shape index (κ3) is 5.91. The van der Waals surface area contributed by atoms with Gasteiger partial charge in [0, 0.05) is 29.9 Å². The molecule has 10 nitrogen and oxygen atoms in total. The van der Waals surface area contributed by atoms with E-state index in [4.69, 9.17) is 14.2 Å². The number of carbonyl (C=O) groups excluding carboxylic acids is 2. The van der Waals surface area contributed by atoms with Crippen molar-refractivity contribution in [2.24, 2.45) is 0 Å². The summed E-state index contributed by atoms with van der Waals surface area (Å²) >= 11 is 0. The molecule has 1 aliphatic heterocycles. The van der Waals surface area contributed by atoms with E-state index in [-0.39, 0.29) is 12.5 Å². The van der Waals surface area contributed by atoms with Crippen LogP contribution in [0.4, 0.5) is 5.69 Å². The van der Waals surface area contributed by atoms with Gasteiger partial charge in [-0.2, -0.15) is 0 Å². The minimum atomic E-state index is -4.05. The van der Waals surface area contributed by atoms with Crippen molar-refractivity contribution >= 4 is 38.4 Å². The Morgan fingerprint density at radius 3 is 2.42 bits per heavy atom. The Morgan fingerprint density at radius 1 is 1.02 bits per heavy atom. The molecule has 0 bridgehead atoms. The molecule has 0 aliphatic carbocycles. The Bertz CT molecular complexity index is 1790. The number of hydrogen-bond acceptors (Lipinski definition) is 8. The molecule has 3 aromatic carbocycles. The molecule has 2 amide bonds. The maximum absolute atomic E-state index is 13.9. The van der Waals surface area contributed by atoms with Crippen molar-refractivity contribution in [3.05, 3.63) is 94.7 Å². The molecule has 0 saturated carbocycles. The molecular weight excluding hydrogens is 570 g/mol. The third-order valence-corrected chi connectivity index (χ3v) is 8.39. The summed E-state index contributed by atoms with van der Waals surface area (Å²) in [5, 5.41) is 0.698. The summed E-state index contributed by atoms with van der Waals surface area (Å²) in [6.45, 7) is 6.55. The van der Waals surface area contributed by atoms with Gasteiger partial charge in [-0.1, -0.05) is 42.5 Å². The highest BCUT2D eigenvalue weighted by Crippen LogP contribution is 2.45. The second kappa shape index (κ2) is 12.4. The smallest absolute Gasteiger partial charge is 0.267 e. The summed E-state index contributed by atoms with van der Waals surface area (Å²) in [7, 11) is -2.70. The average Bonchev–Trinajstić information content (AvgIpc) is 3.31. The van der Waals surface area contributed by atoms with E-state index in [1.165, 1.54) is 7.11 Å². The number of fused-ring (bicyclic) bond motifs is 2. The molecule has 0 unspecified atom stereocenters. The largest absolute Gasteiger partial charge is 0.492 e. The zero-order valence-electron chi connectivity index (χ0n) is 24.4. The van der Waals surface area contributed by atoms with Crippen molar-refractivity contribution in [3.63, 3.8) is 0 Å². The lowest BCUT2D eigenvalue weighted by Crippen LogP contribution is -2.36. The van der Waals surface area contributed by atoms with Gasteiger partial charge in [-0.25, -0.2) is 8.42 Å². The zero-order chi connectivity index (χ0) is 30.7. The maximum Gasteiger partial charge on any atom is 0.267 e. The molecule has 1 aromatic heterocycles.